The van der Waals surface area contributed by atoms with E-state index in [1.54, 1.807) is 6.20 Å². The van der Waals surface area contributed by atoms with Crippen molar-refractivity contribution in [1.29, 1.82) is 0 Å². The fourth-order valence-corrected chi connectivity index (χ4v) is 2.06. The lowest BCUT2D eigenvalue weighted by molar-refractivity contribution is 0.254. The molecule has 0 aliphatic heterocycles. The van der Waals surface area contributed by atoms with E-state index in [0.717, 1.165) is 5.88 Å². The van der Waals surface area contributed by atoms with E-state index in [1.165, 1.54) is 32.1 Å². The normalized spacial score (nSPS) is 18.4. The van der Waals surface area contributed by atoms with E-state index in [-0.39, 0.29) is 0 Å². The predicted octanol–water partition coefficient (Wildman–Crippen LogP) is 2.18. The molecule has 78 valence electrons. The van der Waals surface area contributed by atoms with Crippen LogP contribution in [0.5, 0.6) is 5.88 Å². The highest BCUT2D eigenvalue weighted by molar-refractivity contribution is 5.03. The van der Waals surface area contributed by atoms with Crippen molar-refractivity contribution in [2.24, 2.45) is 0 Å². The van der Waals surface area contributed by atoms with Crippen LogP contribution in [0.1, 0.15) is 45.1 Å². The molecule has 0 saturated heterocycles. The van der Waals surface area contributed by atoms with Gasteiger partial charge in [-0.3, -0.25) is 0 Å². The molecule has 0 bridgehead atoms. The molecule has 0 aromatic carbocycles. The Kier molecular flexibility index (Phi) is 3.01. The summed E-state index contributed by atoms with van der Waals surface area (Å²) in [4.78, 5) is 0. The molecule has 1 aliphatic carbocycles. The van der Waals surface area contributed by atoms with Gasteiger partial charge in [0.25, 0.3) is 0 Å². The van der Waals surface area contributed by atoms with Gasteiger partial charge in [0, 0.05) is 0 Å². The Labute approximate surface area is 84.3 Å². The van der Waals surface area contributed by atoms with Crippen molar-refractivity contribution in [3.05, 3.63) is 6.20 Å². The fourth-order valence-electron chi connectivity index (χ4n) is 2.06. The smallest absolute Gasteiger partial charge is 0.232 e. The molecular formula is C10H17N3O. The maximum atomic E-state index is 5.47. The molecule has 2 rings (SSSR count). The van der Waals surface area contributed by atoms with Gasteiger partial charge in [-0.25, -0.2) is 4.68 Å². The Balaban J connectivity index is 2.09. The van der Waals surface area contributed by atoms with Gasteiger partial charge in [0.2, 0.25) is 5.88 Å². The van der Waals surface area contributed by atoms with E-state index in [2.05, 4.69) is 10.3 Å². The summed E-state index contributed by atoms with van der Waals surface area (Å²) in [6, 6.07) is 0.507. The summed E-state index contributed by atoms with van der Waals surface area (Å²) in [5.41, 5.74) is 0. The molecule has 14 heavy (non-hydrogen) atoms. The minimum absolute atomic E-state index is 0.507. The predicted molar refractivity (Wildman–Crippen MR) is 53.3 cm³/mol. The zero-order valence-electron chi connectivity index (χ0n) is 8.65. The maximum absolute atomic E-state index is 5.47. The van der Waals surface area contributed by atoms with Crippen LogP contribution in [0.25, 0.3) is 0 Å². The van der Waals surface area contributed by atoms with E-state index in [0.29, 0.717) is 12.6 Å². The van der Waals surface area contributed by atoms with Crippen LogP contribution in [0.3, 0.4) is 0 Å². The second kappa shape index (κ2) is 4.44. The van der Waals surface area contributed by atoms with Crippen LogP contribution >= 0.6 is 0 Å². The number of nitrogens with zero attached hydrogens (tertiary/aromatic N) is 3. The molecular weight excluding hydrogens is 178 g/mol. The van der Waals surface area contributed by atoms with Gasteiger partial charge in [-0.2, -0.15) is 0 Å². The Bertz CT molecular complexity index is 279. The largest absolute Gasteiger partial charge is 0.477 e. The first-order chi connectivity index (χ1) is 6.92. The topological polar surface area (TPSA) is 39.9 Å². The van der Waals surface area contributed by atoms with Crippen LogP contribution in [-0.2, 0) is 0 Å². The molecule has 4 nitrogen and oxygen atoms in total. The second-order valence-electron chi connectivity index (χ2n) is 3.74. The molecule has 0 spiro atoms. The number of ether oxygens (including phenoxy) is 1. The molecule has 1 saturated carbocycles. The van der Waals surface area contributed by atoms with Crippen LogP contribution in [0.4, 0.5) is 0 Å². The van der Waals surface area contributed by atoms with Crippen molar-refractivity contribution in [2.75, 3.05) is 6.61 Å². The standard InChI is InChI=1S/C10H17N3O/c1-2-14-10-8-11-12-13(10)9-6-4-3-5-7-9/h8-9H,2-7H2,1H3. The van der Waals surface area contributed by atoms with E-state index in [1.807, 2.05) is 11.6 Å². The lowest BCUT2D eigenvalue weighted by atomic mass is 9.96. The Morgan fingerprint density at radius 3 is 2.93 bits per heavy atom. The van der Waals surface area contributed by atoms with Crippen molar-refractivity contribution in [2.45, 2.75) is 45.1 Å². The molecule has 1 aromatic rings. The third kappa shape index (κ3) is 1.89. The highest BCUT2D eigenvalue weighted by atomic mass is 16.5. The van der Waals surface area contributed by atoms with Gasteiger partial charge in [0.15, 0.2) is 0 Å². The van der Waals surface area contributed by atoms with Crippen molar-refractivity contribution < 1.29 is 4.74 Å². The molecule has 1 aliphatic rings. The molecule has 1 fully saturated rings. The molecule has 0 radical (unpaired) electrons. The minimum atomic E-state index is 0.507. The summed E-state index contributed by atoms with van der Waals surface area (Å²) in [5, 5.41) is 8.00. The van der Waals surface area contributed by atoms with Crippen molar-refractivity contribution in [3.8, 4) is 5.88 Å². The minimum Gasteiger partial charge on any atom is -0.477 e. The van der Waals surface area contributed by atoms with E-state index < -0.39 is 0 Å². The summed E-state index contributed by atoms with van der Waals surface area (Å²) in [5.74, 6) is 0.819. The third-order valence-electron chi connectivity index (χ3n) is 2.75. The number of rotatable bonds is 3. The van der Waals surface area contributed by atoms with Crippen LogP contribution in [0.2, 0.25) is 0 Å². The monoisotopic (exact) mass is 195 g/mol. The lowest BCUT2D eigenvalue weighted by Crippen LogP contribution is -2.15. The molecule has 0 amide bonds. The number of hydrogen-bond acceptors (Lipinski definition) is 3. The molecule has 1 aromatic heterocycles. The van der Waals surface area contributed by atoms with Crippen molar-refractivity contribution in [1.82, 2.24) is 15.0 Å². The fraction of sp³-hybridized carbons (Fsp3) is 0.800. The first-order valence-corrected chi connectivity index (χ1v) is 5.45. The van der Waals surface area contributed by atoms with Crippen molar-refractivity contribution in [3.63, 3.8) is 0 Å². The van der Waals surface area contributed by atoms with Gasteiger partial charge in [-0.1, -0.05) is 24.5 Å². The van der Waals surface area contributed by atoms with Crippen LogP contribution in [0, 0.1) is 0 Å². The number of hydrogen-bond donors (Lipinski definition) is 0. The average Bonchev–Trinajstić information content (AvgIpc) is 2.68. The van der Waals surface area contributed by atoms with Gasteiger partial charge < -0.3 is 4.74 Å². The van der Waals surface area contributed by atoms with Gasteiger partial charge in [-0.05, 0) is 19.8 Å². The Morgan fingerprint density at radius 1 is 1.43 bits per heavy atom. The summed E-state index contributed by atoms with van der Waals surface area (Å²) in [6.07, 6.45) is 8.09. The summed E-state index contributed by atoms with van der Waals surface area (Å²) < 4.78 is 7.42. The SMILES string of the molecule is CCOc1cnnn1C1CCCCC1. The first kappa shape index (κ1) is 9.49. The number of aromatic nitrogens is 3. The van der Waals surface area contributed by atoms with Crippen molar-refractivity contribution >= 4 is 0 Å². The van der Waals surface area contributed by atoms with Gasteiger partial charge in [0.1, 0.15) is 6.20 Å². The van der Waals surface area contributed by atoms with E-state index in [4.69, 9.17) is 4.74 Å². The highest BCUT2D eigenvalue weighted by Crippen LogP contribution is 2.30. The van der Waals surface area contributed by atoms with E-state index in [9.17, 15) is 0 Å². The average molecular weight is 195 g/mol. The highest BCUT2D eigenvalue weighted by Gasteiger charge is 2.19. The van der Waals surface area contributed by atoms with Gasteiger partial charge in [0.05, 0.1) is 12.6 Å². The van der Waals surface area contributed by atoms with Crippen LogP contribution in [-0.4, -0.2) is 21.6 Å². The zero-order valence-corrected chi connectivity index (χ0v) is 8.65. The van der Waals surface area contributed by atoms with Gasteiger partial charge >= 0.3 is 0 Å². The molecule has 0 unspecified atom stereocenters. The summed E-state index contributed by atoms with van der Waals surface area (Å²) in [7, 11) is 0. The zero-order chi connectivity index (χ0) is 9.80. The quantitative estimate of drug-likeness (QED) is 0.742. The third-order valence-corrected chi connectivity index (χ3v) is 2.75. The van der Waals surface area contributed by atoms with Crippen LogP contribution in [0.15, 0.2) is 6.20 Å². The summed E-state index contributed by atoms with van der Waals surface area (Å²) >= 11 is 0. The Morgan fingerprint density at radius 2 is 2.21 bits per heavy atom. The molecule has 0 atom stereocenters. The maximum Gasteiger partial charge on any atom is 0.232 e. The van der Waals surface area contributed by atoms with Crippen LogP contribution < -0.4 is 4.74 Å². The second-order valence-corrected chi connectivity index (χ2v) is 3.74. The molecule has 1 heterocycles. The van der Waals surface area contributed by atoms with E-state index >= 15 is 0 Å². The Hall–Kier alpha value is -1.06. The van der Waals surface area contributed by atoms with Gasteiger partial charge in [-0.15, -0.1) is 5.10 Å². The first-order valence-electron chi connectivity index (χ1n) is 5.45. The molecule has 0 N–H and O–H groups in total. The molecule has 4 heteroatoms. The lowest BCUT2D eigenvalue weighted by Gasteiger charge is -2.22. The summed E-state index contributed by atoms with van der Waals surface area (Å²) in [6.45, 7) is 2.66.